The summed E-state index contributed by atoms with van der Waals surface area (Å²) in [6.07, 6.45) is 1.47. The zero-order chi connectivity index (χ0) is 15.1. The third-order valence-corrected chi connectivity index (χ3v) is 2.66. The van der Waals surface area contributed by atoms with Gasteiger partial charge < -0.3 is 5.32 Å². The summed E-state index contributed by atoms with van der Waals surface area (Å²) in [6.45, 7) is 1.90. The van der Waals surface area contributed by atoms with E-state index in [2.05, 4.69) is 15.8 Å². The van der Waals surface area contributed by atoms with Crippen molar-refractivity contribution in [2.45, 2.75) is 6.92 Å². The van der Waals surface area contributed by atoms with Crippen molar-refractivity contribution in [1.29, 1.82) is 0 Å². The summed E-state index contributed by atoms with van der Waals surface area (Å²) in [5, 5.41) is 6.24. The molecular formula is C16H15N3O2. The number of anilines is 1. The van der Waals surface area contributed by atoms with E-state index in [1.54, 1.807) is 18.2 Å². The molecule has 0 atom stereocenters. The number of rotatable bonds is 3. The second kappa shape index (κ2) is 7.00. The molecule has 5 heteroatoms. The first-order valence-corrected chi connectivity index (χ1v) is 6.41. The summed E-state index contributed by atoms with van der Waals surface area (Å²) in [4.78, 5) is 23.3. The molecule has 2 aromatic carbocycles. The molecule has 2 rings (SSSR count). The van der Waals surface area contributed by atoms with E-state index in [0.717, 1.165) is 11.1 Å². The van der Waals surface area contributed by atoms with E-state index in [1.165, 1.54) is 6.21 Å². The van der Waals surface area contributed by atoms with E-state index in [9.17, 15) is 9.59 Å². The number of carbonyl (C=O) groups excluding carboxylic acids is 2. The highest BCUT2D eigenvalue weighted by Gasteiger charge is 2.12. The molecule has 106 valence electrons. The first-order chi connectivity index (χ1) is 10.1. The number of hydrogen-bond acceptors (Lipinski definition) is 3. The van der Waals surface area contributed by atoms with E-state index in [-0.39, 0.29) is 0 Å². The van der Waals surface area contributed by atoms with E-state index < -0.39 is 11.8 Å². The third kappa shape index (κ3) is 4.58. The normalized spacial score (nSPS) is 10.3. The van der Waals surface area contributed by atoms with Crippen molar-refractivity contribution in [2.75, 3.05) is 5.32 Å². The zero-order valence-electron chi connectivity index (χ0n) is 11.5. The number of aryl methyl sites for hydroxylation is 1. The number of nitrogens with zero attached hydrogens (tertiary/aromatic N) is 1. The summed E-state index contributed by atoms with van der Waals surface area (Å²) >= 11 is 0. The van der Waals surface area contributed by atoms with Crippen molar-refractivity contribution in [3.63, 3.8) is 0 Å². The second-order valence-corrected chi connectivity index (χ2v) is 4.43. The predicted octanol–water partition coefficient (Wildman–Crippen LogP) is 2.08. The molecule has 21 heavy (non-hydrogen) atoms. The molecule has 0 heterocycles. The third-order valence-electron chi connectivity index (χ3n) is 2.66. The molecular weight excluding hydrogens is 266 g/mol. The summed E-state index contributed by atoms with van der Waals surface area (Å²) in [5.41, 5.74) is 4.58. The Labute approximate surface area is 122 Å². The van der Waals surface area contributed by atoms with E-state index in [4.69, 9.17) is 0 Å². The Kier molecular flexibility index (Phi) is 4.82. The highest BCUT2D eigenvalue weighted by atomic mass is 16.2. The van der Waals surface area contributed by atoms with Gasteiger partial charge in [0.2, 0.25) is 0 Å². The Morgan fingerprint density at radius 2 is 1.76 bits per heavy atom. The molecule has 2 amide bonds. The van der Waals surface area contributed by atoms with Gasteiger partial charge in [-0.15, -0.1) is 0 Å². The van der Waals surface area contributed by atoms with Gasteiger partial charge in [0.05, 0.1) is 6.21 Å². The molecule has 2 N–H and O–H groups in total. The van der Waals surface area contributed by atoms with Crippen LogP contribution in [0.2, 0.25) is 0 Å². The molecule has 0 radical (unpaired) electrons. The lowest BCUT2D eigenvalue weighted by atomic mass is 10.2. The van der Waals surface area contributed by atoms with Gasteiger partial charge in [-0.05, 0) is 30.2 Å². The molecule has 0 aliphatic rings. The van der Waals surface area contributed by atoms with Crippen LogP contribution in [0.25, 0.3) is 0 Å². The van der Waals surface area contributed by atoms with Crippen molar-refractivity contribution in [1.82, 2.24) is 5.43 Å². The topological polar surface area (TPSA) is 70.6 Å². The van der Waals surface area contributed by atoms with E-state index in [1.807, 2.05) is 43.3 Å². The minimum atomic E-state index is -0.816. The number of hydrazone groups is 1. The molecule has 2 aromatic rings. The summed E-state index contributed by atoms with van der Waals surface area (Å²) in [5.74, 6) is -1.57. The molecule has 0 aliphatic carbocycles. The minimum Gasteiger partial charge on any atom is -0.318 e. The lowest BCUT2D eigenvalue weighted by molar-refractivity contribution is -0.136. The minimum absolute atomic E-state index is 0.571. The lowest BCUT2D eigenvalue weighted by Gasteiger charge is -2.04. The quantitative estimate of drug-likeness (QED) is 0.514. The molecule has 0 saturated carbocycles. The van der Waals surface area contributed by atoms with Gasteiger partial charge in [0.15, 0.2) is 0 Å². The fraction of sp³-hybridized carbons (Fsp3) is 0.0625. The Morgan fingerprint density at radius 1 is 1.00 bits per heavy atom. The monoisotopic (exact) mass is 281 g/mol. The number of amides is 2. The van der Waals surface area contributed by atoms with Crippen LogP contribution in [0.15, 0.2) is 59.7 Å². The van der Waals surface area contributed by atoms with Gasteiger partial charge in [0, 0.05) is 5.69 Å². The smallest absolute Gasteiger partial charge is 0.318 e. The zero-order valence-corrected chi connectivity index (χ0v) is 11.5. The lowest BCUT2D eigenvalue weighted by Crippen LogP contribution is -2.32. The summed E-state index contributed by atoms with van der Waals surface area (Å²) in [6, 6.07) is 16.5. The maximum Gasteiger partial charge on any atom is 0.329 e. The van der Waals surface area contributed by atoms with Crippen LogP contribution >= 0.6 is 0 Å². The van der Waals surface area contributed by atoms with E-state index >= 15 is 0 Å². The molecule has 0 aromatic heterocycles. The van der Waals surface area contributed by atoms with Crippen LogP contribution in [0.1, 0.15) is 11.1 Å². The van der Waals surface area contributed by atoms with Crippen LogP contribution < -0.4 is 10.7 Å². The Hall–Kier alpha value is -2.95. The van der Waals surface area contributed by atoms with Crippen molar-refractivity contribution in [2.24, 2.45) is 5.10 Å². The van der Waals surface area contributed by atoms with Gasteiger partial charge in [-0.3, -0.25) is 9.59 Å². The summed E-state index contributed by atoms with van der Waals surface area (Å²) < 4.78 is 0. The molecule has 0 spiro atoms. The van der Waals surface area contributed by atoms with Crippen molar-refractivity contribution >= 4 is 23.7 Å². The van der Waals surface area contributed by atoms with Crippen LogP contribution in [0.5, 0.6) is 0 Å². The SMILES string of the molecule is Cc1cccc(NC(=O)C(=O)N/N=C\c2ccccc2)c1. The highest BCUT2D eigenvalue weighted by Crippen LogP contribution is 2.08. The molecule has 0 fully saturated rings. The number of carbonyl (C=O) groups is 2. The highest BCUT2D eigenvalue weighted by molar-refractivity contribution is 6.39. The molecule has 5 nitrogen and oxygen atoms in total. The van der Waals surface area contributed by atoms with Crippen LogP contribution in [0.3, 0.4) is 0 Å². The predicted molar refractivity (Wildman–Crippen MR) is 82.0 cm³/mol. The van der Waals surface area contributed by atoms with Gasteiger partial charge in [0.1, 0.15) is 0 Å². The average Bonchev–Trinajstić information content (AvgIpc) is 2.48. The Bertz CT molecular complexity index is 666. The van der Waals surface area contributed by atoms with Crippen LogP contribution in [0.4, 0.5) is 5.69 Å². The molecule has 0 bridgehead atoms. The fourth-order valence-electron chi connectivity index (χ4n) is 1.67. The number of benzene rings is 2. The fourth-order valence-corrected chi connectivity index (χ4v) is 1.67. The first kappa shape index (κ1) is 14.5. The molecule has 0 unspecified atom stereocenters. The van der Waals surface area contributed by atoms with Gasteiger partial charge >= 0.3 is 11.8 Å². The van der Waals surface area contributed by atoms with Crippen molar-refractivity contribution < 1.29 is 9.59 Å². The second-order valence-electron chi connectivity index (χ2n) is 4.43. The maximum absolute atomic E-state index is 11.7. The van der Waals surface area contributed by atoms with Crippen molar-refractivity contribution in [3.05, 3.63) is 65.7 Å². The molecule has 0 saturated heterocycles. The van der Waals surface area contributed by atoms with Gasteiger partial charge in [-0.25, -0.2) is 5.43 Å². The van der Waals surface area contributed by atoms with Gasteiger partial charge in [-0.2, -0.15) is 5.10 Å². The largest absolute Gasteiger partial charge is 0.329 e. The number of nitrogens with one attached hydrogen (secondary N) is 2. The van der Waals surface area contributed by atoms with Crippen molar-refractivity contribution in [3.8, 4) is 0 Å². The van der Waals surface area contributed by atoms with Gasteiger partial charge in [0.25, 0.3) is 0 Å². The Morgan fingerprint density at radius 3 is 2.48 bits per heavy atom. The Balaban J connectivity index is 1.88. The first-order valence-electron chi connectivity index (χ1n) is 6.41. The van der Waals surface area contributed by atoms with Crippen LogP contribution in [-0.4, -0.2) is 18.0 Å². The standard InChI is InChI=1S/C16H15N3O2/c1-12-6-5-9-14(10-12)18-15(20)16(21)19-17-11-13-7-3-2-4-8-13/h2-11H,1H3,(H,18,20)(H,19,21)/b17-11-. The van der Waals surface area contributed by atoms with Gasteiger partial charge in [-0.1, -0.05) is 42.5 Å². The van der Waals surface area contributed by atoms with Crippen LogP contribution in [0, 0.1) is 6.92 Å². The maximum atomic E-state index is 11.7. The number of hydrogen-bond donors (Lipinski definition) is 2. The average molecular weight is 281 g/mol. The summed E-state index contributed by atoms with van der Waals surface area (Å²) in [7, 11) is 0. The van der Waals surface area contributed by atoms with Crippen LogP contribution in [-0.2, 0) is 9.59 Å². The van der Waals surface area contributed by atoms with E-state index in [0.29, 0.717) is 5.69 Å². The molecule has 0 aliphatic heterocycles.